The number of hydrogen-bond acceptors (Lipinski definition) is 2. The lowest BCUT2D eigenvalue weighted by Crippen LogP contribution is -1.98. The van der Waals surface area contributed by atoms with Crippen LogP contribution in [0.3, 0.4) is 0 Å². The second-order valence-corrected chi connectivity index (χ2v) is 9.98. The van der Waals surface area contributed by atoms with Crippen LogP contribution in [0.15, 0.2) is 126 Å². The topological polar surface area (TPSA) is 31.0 Å². The molecular weight excluding hydrogens is 464 g/mol. The van der Waals surface area contributed by atoms with Gasteiger partial charge in [0.25, 0.3) is 0 Å². The van der Waals surface area contributed by atoms with Gasteiger partial charge >= 0.3 is 0 Å². The second kappa shape index (κ2) is 7.21. The molecule has 0 radical (unpaired) electrons. The lowest BCUT2D eigenvalue weighted by molar-refractivity contribution is 0.672. The van der Waals surface area contributed by atoms with Crippen LogP contribution in [0.25, 0.3) is 83.1 Å². The molecule has 0 unspecified atom stereocenters. The third kappa shape index (κ3) is 2.55. The molecule has 38 heavy (non-hydrogen) atoms. The van der Waals surface area contributed by atoms with Crippen LogP contribution in [0.4, 0.5) is 0 Å². The van der Waals surface area contributed by atoms with E-state index in [0.29, 0.717) is 0 Å². The molecule has 6 aromatic carbocycles. The Labute approximate surface area is 218 Å². The number of rotatable bonds is 2. The highest BCUT2D eigenvalue weighted by molar-refractivity contribution is 6.25. The Bertz CT molecular complexity index is 2230. The number of para-hydroxylation sites is 3. The minimum atomic E-state index is 0.929. The zero-order valence-electron chi connectivity index (χ0n) is 20.3. The molecule has 0 N–H and O–H groups in total. The third-order valence-corrected chi connectivity index (χ3v) is 7.94. The largest absolute Gasteiger partial charge is 0.455 e. The third-order valence-electron chi connectivity index (χ3n) is 7.94. The van der Waals surface area contributed by atoms with Gasteiger partial charge in [-0.3, -0.25) is 4.57 Å². The van der Waals surface area contributed by atoms with E-state index < -0.39 is 0 Å². The first kappa shape index (κ1) is 20.0. The summed E-state index contributed by atoms with van der Waals surface area (Å²) in [5.41, 5.74) is 11.2. The van der Waals surface area contributed by atoms with Gasteiger partial charge in [0, 0.05) is 32.8 Å². The molecule has 1 aliphatic rings. The molecule has 0 saturated heterocycles. The number of aromatic nitrogens is 2. The first-order valence-electron chi connectivity index (χ1n) is 12.9. The minimum Gasteiger partial charge on any atom is -0.455 e. The Kier molecular flexibility index (Phi) is 3.79. The van der Waals surface area contributed by atoms with E-state index in [0.717, 1.165) is 50.0 Å². The van der Waals surface area contributed by atoms with Crippen molar-refractivity contribution < 1.29 is 4.42 Å². The molecule has 1 aliphatic carbocycles. The fraction of sp³-hybridized carbons (Fsp3) is 0. The lowest BCUT2D eigenvalue weighted by Gasteiger charge is -2.12. The molecule has 9 rings (SSSR count). The van der Waals surface area contributed by atoms with Crippen molar-refractivity contribution in [3.63, 3.8) is 0 Å². The van der Waals surface area contributed by atoms with Gasteiger partial charge in [0.15, 0.2) is 0 Å². The number of benzene rings is 6. The molecule has 0 amide bonds. The molecule has 0 fully saturated rings. The Balaban J connectivity index is 1.36. The number of imidazole rings is 1. The van der Waals surface area contributed by atoms with Gasteiger partial charge in [-0.25, -0.2) is 4.98 Å². The maximum absolute atomic E-state index is 6.39. The normalized spacial score (nSPS) is 12.2. The summed E-state index contributed by atoms with van der Waals surface area (Å²) in [4.78, 5) is 5.05. The van der Waals surface area contributed by atoms with Crippen LogP contribution in [0.1, 0.15) is 0 Å². The van der Waals surface area contributed by atoms with Gasteiger partial charge in [0.2, 0.25) is 0 Å². The van der Waals surface area contributed by atoms with Gasteiger partial charge in [-0.1, -0.05) is 84.9 Å². The number of fused-ring (bicyclic) bond motifs is 8. The predicted octanol–water partition coefficient (Wildman–Crippen LogP) is 9.39. The Morgan fingerprint density at radius 3 is 2.32 bits per heavy atom. The van der Waals surface area contributed by atoms with Crippen LogP contribution in [-0.4, -0.2) is 9.55 Å². The van der Waals surface area contributed by atoms with Crippen LogP contribution < -0.4 is 0 Å². The van der Waals surface area contributed by atoms with Crippen LogP contribution in [0.2, 0.25) is 0 Å². The first-order chi connectivity index (χ1) is 18.8. The van der Waals surface area contributed by atoms with E-state index in [1.54, 1.807) is 0 Å². The van der Waals surface area contributed by atoms with Crippen LogP contribution in [0.5, 0.6) is 0 Å². The summed E-state index contributed by atoms with van der Waals surface area (Å²) in [7, 11) is 0. The number of hydrogen-bond donors (Lipinski definition) is 0. The first-order valence-corrected chi connectivity index (χ1v) is 12.9. The molecule has 0 aliphatic heterocycles. The average Bonchev–Trinajstić information content (AvgIpc) is 3.65. The van der Waals surface area contributed by atoms with Crippen molar-refractivity contribution in [3.05, 3.63) is 121 Å². The highest BCUT2D eigenvalue weighted by atomic mass is 16.3. The van der Waals surface area contributed by atoms with Crippen molar-refractivity contribution in [3.8, 4) is 39.3 Å². The van der Waals surface area contributed by atoms with Crippen molar-refractivity contribution in [2.75, 3.05) is 0 Å². The zero-order chi connectivity index (χ0) is 24.8. The summed E-state index contributed by atoms with van der Waals surface area (Å²) in [5, 5.41) is 4.76. The van der Waals surface area contributed by atoms with Crippen LogP contribution in [-0.2, 0) is 0 Å². The maximum atomic E-state index is 6.39. The van der Waals surface area contributed by atoms with Gasteiger partial charge in [0.1, 0.15) is 17.0 Å². The van der Waals surface area contributed by atoms with Crippen molar-refractivity contribution in [1.29, 1.82) is 0 Å². The van der Waals surface area contributed by atoms with E-state index in [-0.39, 0.29) is 0 Å². The van der Waals surface area contributed by atoms with Crippen molar-refractivity contribution in [1.82, 2.24) is 9.55 Å². The van der Waals surface area contributed by atoms with Crippen molar-refractivity contribution >= 4 is 43.7 Å². The van der Waals surface area contributed by atoms with Crippen molar-refractivity contribution in [2.24, 2.45) is 0 Å². The summed E-state index contributed by atoms with van der Waals surface area (Å²) in [6, 6.07) is 42.9. The fourth-order valence-electron chi connectivity index (χ4n) is 6.29. The summed E-state index contributed by atoms with van der Waals surface area (Å²) in [6.07, 6.45) is 0. The number of nitrogens with zero attached hydrogens (tertiary/aromatic N) is 2. The van der Waals surface area contributed by atoms with Gasteiger partial charge in [-0.15, -0.1) is 0 Å². The van der Waals surface area contributed by atoms with Crippen LogP contribution in [0, 0.1) is 0 Å². The predicted molar refractivity (Wildman–Crippen MR) is 156 cm³/mol. The van der Waals surface area contributed by atoms with Gasteiger partial charge in [-0.05, 0) is 58.7 Å². The highest BCUT2D eigenvalue weighted by Crippen LogP contribution is 2.51. The fourth-order valence-corrected chi connectivity index (χ4v) is 6.29. The molecule has 3 nitrogen and oxygen atoms in total. The maximum Gasteiger partial charge on any atom is 0.145 e. The van der Waals surface area contributed by atoms with Gasteiger partial charge < -0.3 is 4.42 Å². The smallest absolute Gasteiger partial charge is 0.145 e. The minimum absolute atomic E-state index is 0.929. The molecular formula is C35H20N2O. The Morgan fingerprint density at radius 1 is 0.553 bits per heavy atom. The molecule has 2 aromatic heterocycles. The molecule has 176 valence electrons. The molecule has 0 spiro atoms. The monoisotopic (exact) mass is 484 g/mol. The lowest BCUT2D eigenvalue weighted by atomic mass is 9.99. The molecule has 3 heteroatoms. The zero-order valence-corrected chi connectivity index (χ0v) is 20.3. The summed E-state index contributed by atoms with van der Waals surface area (Å²) in [6.45, 7) is 0. The molecule has 0 atom stereocenters. The molecule has 8 aromatic rings. The summed E-state index contributed by atoms with van der Waals surface area (Å²) < 4.78 is 8.67. The second-order valence-electron chi connectivity index (χ2n) is 9.98. The summed E-state index contributed by atoms with van der Waals surface area (Å²) in [5.74, 6) is 0.948. The van der Waals surface area contributed by atoms with Gasteiger partial charge in [0.05, 0.1) is 11.0 Å². The highest BCUT2D eigenvalue weighted by Gasteiger charge is 2.26. The Morgan fingerprint density at radius 2 is 1.37 bits per heavy atom. The van der Waals surface area contributed by atoms with E-state index in [1.807, 2.05) is 12.1 Å². The van der Waals surface area contributed by atoms with E-state index in [1.165, 1.54) is 33.0 Å². The average molecular weight is 485 g/mol. The SMILES string of the molecule is c1ccc(-c2nc3ccccc3n2-c2ccc3c(c2)-c2cc4c5ccccc5oc4c4cccc-3c24)cc1. The standard InChI is InChI=1S/C35H20N2O/c1-2-9-21(10-3-1)35-36-30-14-5-6-15-31(30)37(35)22-17-18-23-25-12-8-13-26-33(25)28(27(23)19-22)20-29-24-11-4-7-16-32(24)38-34(26)29/h1-20H. The molecule has 0 saturated carbocycles. The summed E-state index contributed by atoms with van der Waals surface area (Å²) >= 11 is 0. The van der Waals surface area contributed by atoms with E-state index in [9.17, 15) is 0 Å². The van der Waals surface area contributed by atoms with E-state index in [2.05, 4.69) is 114 Å². The Hall–Kier alpha value is -5.15. The van der Waals surface area contributed by atoms with Crippen LogP contribution >= 0.6 is 0 Å². The quantitative estimate of drug-likeness (QED) is 0.245. The van der Waals surface area contributed by atoms with Crippen molar-refractivity contribution in [2.45, 2.75) is 0 Å². The number of furan rings is 1. The van der Waals surface area contributed by atoms with Gasteiger partial charge in [-0.2, -0.15) is 0 Å². The molecule has 0 bridgehead atoms. The van der Waals surface area contributed by atoms with E-state index >= 15 is 0 Å². The molecule has 2 heterocycles. The van der Waals surface area contributed by atoms with E-state index in [4.69, 9.17) is 9.40 Å².